The first-order valence-corrected chi connectivity index (χ1v) is 7.54. The number of hydrogen-bond acceptors (Lipinski definition) is 6. The van der Waals surface area contributed by atoms with E-state index >= 15 is 0 Å². The van der Waals surface area contributed by atoms with Gasteiger partial charge in [-0.25, -0.2) is 0 Å². The lowest BCUT2D eigenvalue weighted by atomic mass is 9.95. The van der Waals surface area contributed by atoms with E-state index in [2.05, 4.69) is 5.32 Å². The summed E-state index contributed by atoms with van der Waals surface area (Å²) >= 11 is 0. The number of esters is 1. The summed E-state index contributed by atoms with van der Waals surface area (Å²) in [7, 11) is 3.41. The molecule has 0 aliphatic rings. The molecule has 0 spiro atoms. The Morgan fingerprint density at radius 2 is 1.95 bits per heavy atom. The van der Waals surface area contributed by atoms with Gasteiger partial charge in [-0.3, -0.25) is 4.79 Å². The summed E-state index contributed by atoms with van der Waals surface area (Å²) < 4.78 is 21.1. The maximum absolute atomic E-state index is 11.9. The molecule has 0 saturated heterocycles. The minimum absolute atomic E-state index is 0.0363. The number of nitrogens with one attached hydrogen (secondary N) is 1. The Bertz CT molecular complexity index is 275. The molecule has 0 aliphatic heterocycles. The average molecular weight is 305 g/mol. The van der Waals surface area contributed by atoms with E-state index in [0.29, 0.717) is 39.5 Å². The van der Waals surface area contributed by atoms with Gasteiger partial charge in [-0.05, 0) is 34.2 Å². The second kappa shape index (κ2) is 11.9. The van der Waals surface area contributed by atoms with Crippen molar-refractivity contribution in [2.45, 2.75) is 45.3 Å². The van der Waals surface area contributed by atoms with Crippen molar-refractivity contribution in [2.75, 3.05) is 47.2 Å². The highest BCUT2D eigenvalue weighted by Crippen LogP contribution is 2.16. The number of methoxy groups -OCH3 is 1. The van der Waals surface area contributed by atoms with Gasteiger partial charge in [-0.15, -0.1) is 0 Å². The summed E-state index contributed by atoms with van der Waals surface area (Å²) in [6.45, 7) is 8.44. The zero-order chi connectivity index (χ0) is 16.1. The smallest absolute Gasteiger partial charge is 0.326 e. The fourth-order valence-corrected chi connectivity index (χ4v) is 1.90. The van der Waals surface area contributed by atoms with Gasteiger partial charge in [0, 0.05) is 26.7 Å². The molecule has 0 saturated carbocycles. The lowest BCUT2D eigenvalue weighted by Crippen LogP contribution is -2.50. The number of likely N-dealkylation sites (N-methyl/N-ethyl adjacent to an activating group) is 1. The monoisotopic (exact) mass is 305 g/mol. The van der Waals surface area contributed by atoms with E-state index in [1.165, 1.54) is 0 Å². The first-order chi connectivity index (χ1) is 10.00. The molecule has 2 unspecified atom stereocenters. The average Bonchev–Trinajstić information content (AvgIpc) is 2.46. The summed E-state index contributed by atoms with van der Waals surface area (Å²) in [4.78, 5) is 11.9. The Morgan fingerprint density at radius 3 is 2.52 bits per heavy atom. The largest absolute Gasteiger partial charge is 0.465 e. The fraction of sp³-hybridized carbons (Fsp3) is 0.933. The number of carbonyl (C=O) groups excluding carboxylic acids is 1. The summed E-state index contributed by atoms with van der Waals surface area (Å²) in [5, 5.41) is 3.03. The fourth-order valence-electron chi connectivity index (χ4n) is 1.90. The first-order valence-electron chi connectivity index (χ1n) is 7.54. The molecule has 21 heavy (non-hydrogen) atoms. The molecule has 0 bridgehead atoms. The van der Waals surface area contributed by atoms with Crippen molar-refractivity contribution in [1.29, 1.82) is 0 Å². The van der Waals surface area contributed by atoms with E-state index < -0.39 is 5.54 Å². The van der Waals surface area contributed by atoms with Gasteiger partial charge in [-0.2, -0.15) is 0 Å². The molecule has 1 N–H and O–H groups in total. The maximum atomic E-state index is 11.9. The van der Waals surface area contributed by atoms with Crippen molar-refractivity contribution in [3.8, 4) is 0 Å². The third-order valence-corrected chi connectivity index (χ3v) is 3.24. The van der Waals surface area contributed by atoms with Gasteiger partial charge in [0.25, 0.3) is 0 Å². The van der Waals surface area contributed by atoms with E-state index in [4.69, 9.17) is 18.9 Å². The number of ether oxygens (including phenoxy) is 4. The van der Waals surface area contributed by atoms with Crippen LogP contribution in [0.2, 0.25) is 0 Å². The number of rotatable bonds is 13. The predicted molar refractivity (Wildman–Crippen MR) is 81.4 cm³/mol. The Morgan fingerprint density at radius 1 is 1.24 bits per heavy atom. The molecular weight excluding hydrogens is 274 g/mol. The van der Waals surface area contributed by atoms with Crippen LogP contribution >= 0.6 is 0 Å². The molecule has 0 aromatic carbocycles. The molecular formula is C15H31NO5. The number of carbonyl (C=O) groups is 1. The van der Waals surface area contributed by atoms with Gasteiger partial charge < -0.3 is 24.3 Å². The Labute approximate surface area is 128 Å². The molecule has 0 amide bonds. The highest BCUT2D eigenvalue weighted by Gasteiger charge is 2.34. The predicted octanol–water partition coefficient (Wildman–Crippen LogP) is 1.38. The van der Waals surface area contributed by atoms with Crippen LogP contribution in [-0.4, -0.2) is 64.8 Å². The van der Waals surface area contributed by atoms with Gasteiger partial charge in [-0.1, -0.05) is 0 Å². The summed E-state index contributed by atoms with van der Waals surface area (Å²) in [6, 6.07) is 0. The van der Waals surface area contributed by atoms with Gasteiger partial charge in [0.2, 0.25) is 0 Å². The zero-order valence-electron chi connectivity index (χ0n) is 14.1. The Hall–Kier alpha value is -0.690. The zero-order valence-corrected chi connectivity index (χ0v) is 14.1. The standard InChI is InChI=1S/C15H31NO5/c1-6-20-14(17)15(3,16-4)12-13(2)21-9-7-8-19-11-10-18-5/h13,16H,6-12H2,1-5H3. The minimum atomic E-state index is -0.718. The van der Waals surface area contributed by atoms with E-state index in [0.717, 1.165) is 6.42 Å². The van der Waals surface area contributed by atoms with E-state index in [9.17, 15) is 4.79 Å². The Kier molecular flexibility index (Phi) is 11.5. The van der Waals surface area contributed by atoms with Crippen LogP contribution in [0.25, 0.3) is 0 Å². The van der Waals surface area contributed by atoms with E-state index in [1.54, 1.807) is 21.1 Å². The molecule has 0 rings (SSSR count). The van der Waals surface area contributed by atoms with Crippen LogP contribution in [0.15, 0.2) is 0 Å². The highest BCUT2D eigenvalue weighted by molar-refractivity contribution is 5.80. The van der Waals surface area contributed by atoms with Gasteiger partial charge in [0.1, 0.15) is 5.54 Å². The van der Waals surface area contributed by atoms with Crippen LogP contribution in [0.4, 0.5) is 0 Å². The van der Waals surface area contributed by atoms with Crippen LogP contribution in [0.3, 0.4) is 0 Å². The SMILES string of the molecule is CCOC(=O)C(C)(CC(C)OCCCOCCOC)NC. The van der Waals surface area contributed by atoms with Crippen molar-refractivity contribution in [3.63, 3.8) is 0 Å². The van der Waals surface area contributed by atoms with E-state index in [-0.39, 0.29) is 12.1 Å². The topological polar surface area (TPSA) is 66.0 Å². The van der Waals surface area contributed by atoms with Gasteiger partial charge >= 0.3 is 5.97 Å². The van der Waals surface area contributed by atoms with E-state index in [1.807, 2.05) is 13.8 Å². The molecule has 0 aromatic rings. The summed E-state index contributed by atoms with van der Waals surface area (Å²) in [6.07, 6.45) is 1.35. The lowest BCUT2D eigenvalue weighted by molar-refractivity contribution is -0.152. The molecule has 6 nitrogen and oxygen atoms in total. The van der Waals surface area contributed by atoms with Crippen LogP contribution in [0.5, 0.6) is 0 Å². The second-order valence-electron chi connectivity index (χ2n) is 5.15. The first kappa shape index (κ1) is 20.3. The second-order valence-corrected chi connectivity index (χ2v) is 5.15. The van der Waals surface area contributed by atoms with Crippen molar-refractivity contribution in [1.82, 2.24) is 5.32 Å². The highest BCUT2D eigenvalue weighted by atomic mass is 16.5. The maximum Gasteiger partial charge on any atom is 0.326 e. The van der Waals surface area contributed by atoms with Crippen molar-refractivity contribution in [3.05, 3.63) is 0 Å². The lowest BCUT2D eigenvalue weighted by Gasteiger charge is -2.29. The molecule has 0 aliphatic carbocycles. The van der Waals surface area contributed by atoms with Crippen molar-refractivity contribution in [2.24, 2.45) is 0 Å². The molecule has 0 fully saturated rings. The molecule has 0 heterocycles. The number of hydrogen-bond donors (Lipinski definition) is 1. The molecule has 2 atom stereocenters. The van der Waals surface area contributed by atoms with Crippen LogP contribution in [0.1, 0.15) is 33.6 Å². The third kappa shape index (κ3) is 9.03. The van der Waals surface area contributed by atoms with Crippen LogP contribution in [-0.2, 0) is 23.7 Å². The molecule has 0 aromatic heterocycles. The van der Waals surface area contributed by atoms with Gasteiger partial charge in [0.15, 0.2) is 0 Å². The molecule has 6 heteroatoms. The van der Waals surface area contributed by atoms with Gasteiger partial charge in [0.05, 0.1) is 25.9 Å². The van der Waals surface area contributed by atoms with Crippen molar-refractivity contribution < 1.29 is 23.7 Å². The minimum Gasteiger partial charge on any atom is -0.465 e. The third-order valence-electron chi connectivity index (χ3n) is 3.24. The summed E-state index contributed by atoms with van der Waals surface area (Å²) in [5.74, 6) is -0.245. The normalized spacial score (nSPS) is 15.5. The Balaban J connectivity index is 3.89. The molecule has 0 radical (unpaired) electrons. The van der Waals surface area contributed by atoms with Crippen LogP contribution < -0.4 is 5.32 Å². The van der Waals surface area contributed by atoms with Crippen LogP contribution in [0, 0.1) is 0 Å². The summed E-state index contributed by atoms with van der Waals surface area (Å²) in [5.41, 5.74) is -0.718. The quantitative estimate of drug-likeness (QED) is 0.409. The van der Waals surface area contributed by atoms with Crippen molar-refractivity contribution >= 4 is 5.97 Å². The molecule has 126 valence electrons.